The number of aromatic nitrogens is 1. The molecule has 6 heteroatoms. The SMILES string of the molecule is COc1cccc2cc(C(=O)NCc3ccc4c(c3)OCO4)[nH]c12. The third-order valence-corrected chi connectivity index (χ3v) is 3.97. The first-order chi connectivity index (χ1) is 11.7. The van der Waals surface area contributed by atoms with Gasteiger partial charge in [0, 0.05) is 11.9 Å². The van der Waals surface area contributed by atoms with E-state index in [0.717, 1.165) is 22.2 Å². The van der Waals surface area contributed by atoms with E-state index in [1.165, 1.54) is 0 Å². The van der Waals surface area contributed by atoms with Gasteiger partial charge in [-0.2, -0.15) is 0 Å². The number of fused-ring (bicyclic) bond motifs is 2. The van der Waals surface area contributed by atoms with Crippen LogP contribution in [0.25, 0.3) is 10.9 Å². The minimum Gasteiger partial charge on any atom is -0.495 e. The van der Waals surface area contributed by atoms with E-state index < -0.39 is 0 Å². The number of carbonyl (C=O) groups excluding carboxylic acids is 1. The number of rotatable bonds is 4. The summed E-state index contributed by atoms with van der Waals surface area (Å²) in [6.07, 6.45) is 0. The average molecular weight is 324 g/mol. The van der Waals surface area contributed by atoms with Crippen LogP contribution < -0.4 is 19.5 Å². The lowest BCUT2D eigenvalue weighted by Crippen LogP contribution is -2.23. The highest BCUT2D eigenvalue weighted by atomic mass is 16.7. The molecule has 1 aromatic heterocycles. The lowest BCUT2D eigenvalue weighted by Gasteiger charge is -2.05. The van der Waals surface area contributed by atoms with Crippen LogP contribution in [0.4, 0.5) is 0 Å². The maximum Gasteiger partial charge on any atom is 0.267 e. The molecule has 0 atom stereocenters. The normalized spacial score (nSPS) is 12.4. The first-order valence-corrected chi connectivity index (χ1v) is 7.57. The van der Waals surface area contributed by atoms with Crippen LogP contribution >= 0.6 is 0 Å². The summed E-state index contributed by atoms with van der Waals surface area (Å²) in [5.41, 5.74) is 2.25. The van der Waals surface area contributed by atoms with Crippen molar-refractivity contribution in [2.45, 2.75) is 6.54 Å². The standard InChI is InChI=1S/C18H16N2O4/c1-22-15-4-2-3-12-8-13(20-17(12)15)18(21)19-9-11-5-6-14-16(7-11)24-10-23-14/h2-8,20H,9-10H2,1H3,(H,19,21). The molecule has 1 amide bonds. The first kappa shape index (κ1) is 14.4. The van der Waals surface area contributed by atoms with Gasteiger partial charge in [-0.25, -0.2) is 0 Å². The zero-order valence-corrected chi connectivity index (χ0v) is 13.1. The van der Waals surface area contributed by atoms with Crippen LogP contribution in [-0.4, -0.2) is 24.8 Å². The molecule has 0 saturated carbocycles. The van der Waals surface area contributed by atoms with Crippen LogP contribution in [0, 0.1) is 0 Å². The number of carbonyl (C=O) groups is 1. The molecule has 0 radical (unpaired) electrons. The fourth-order valence-corrected chi connectivity index (χ4v) is 2.75. The summed E-state index contributed by atoms with van der Waals surface area (Å²) in [5.74, 6) is 1.97. The Hall–Kier alpha value is -3.15. The van der Waals surface area contributed by atoms with E-state index in [4.69, 9.17) is 14.2 Å². The number of H-pyrrole nitrogens is 1. The summed E-state index contributed by atoms with van der Waals surface area (Å²) in [6, 6.07) is 13.1. The summed E-state index contributed by atoms with van der Waals surface area (Å²) >= 11 is 0. The van der Waals surface area contributed by atoms with Crippen LogP contribution in [0.2, 0.25) is 0 Å². The van der Waals surface area contributed by atoms with Crippen molar-refractivity contribution in [3.63, 3.8) is 0 Å². The van der Waals surface area contributed by atoms with Gasteiger partial charge >= 0.3 is 0 Å². The molecule has 0 fully saturated rings. The van der Waals surface area contributed by atoms with Crippen molar-refractivity contribution in [1.82, 2.24) is 10.3 Å². The zero-order chi connectivity index (χ0) is 16.5. The number of nitrogens with one attached hydrogen (secondary N) is 2. The van der Waals surface area contributed by atoms with Crippen LogP contribution in [0.5, 0.6) is 17.2 Å². The van der Waals surface area contributed by atoms with E-state index in [1.54, 1.807) is 7.11 Å². The monoisotopic (exact) mass is 324 g/mol. The average Bonchev–Trinajstić information content (AvgIpc) is 3.25. The van der Waals surface area contributed by atoms with E-state index in [1.807, 2.05) is 42.5 Å². The molecule has 0 bridgehead atoms. The highest BCUT2D eigenvalue weighted by Crippen LogP contribution is 2.32. The van der Waals surface area contributed by atoms with Gasteiger partial charge in [-0.1, -0.05) is 18.2 Å². The molecule has 2 heterocycles. The molecule has 2 N–H and O–H groups in total. The molecule has 0 saturated heterocycles. The molecule has 1 aliphatic rings. The van der Waals surface area contributed by atoms with Crippen molar-refractivity contribution in [3.8, 4) is 17.2 Å². The summed E-state index contributed by atoms with van der Waals surface area (Å²) in [6.45, 7) is 0.643. The van der Waals surface area contributed by atoms with Crippen LogP contribution in [0.3, 0.4) is 0 Å². The molecular weight excluding hydrogens is 308 g/mol. The largest absolute Gasteiger partial charge is 0.495 e. The Morgan fingerprint density at radius 1 is 1.21 bits per heavy atom. The Balaban J connectivity index is 1.50. The Morgan fingerprint density at radius 3 is 2.96 bits per heavy atom. The fourth-order valence-electron chi connectivity index (χ4n) is 2.75. The number of ether oxygens (including phenoxy) is 3. The Labute approximate surface area is 138 Å². The van der Waals surface area contributed by atoms with Crippen molar-refractivity contribution >= 4 is 16.8 Å². The van der Waals surface area contributed by atoms with Gasteiger partial charge in [0.2, 0.25) is 6.79 Å². The highest BCUT2D eigenvalue weighted by molar-refractivity contribution is 5.99. The summed E-state index contributed by atoms with van der Waals surface area (Å²) in [7, 11) is 1.61. The molecule has 6 nitrogen and oxygen atoms in total. The molecule has 2 aromatic carbocycles. The second-order valence-electron chi connectivity index (χ2n) is 5.48. The van der Waals surface area contributed by atoms with Gasteiger partial charge in [0.05, 0.1) is 12.6 Å². The number of benzene rings is 2. The van der Waals surface area contributed by atoms with E-state index in [2.05, 4.69) is 10.3 Å². The summed E-state index contributed by atoms with van der Waals surface area (Å²) < 4.78 is 15.9. The van der Waals surface area contributed by atoms with Crippen molar-refractivity contribution in [2.75, 3.05) is 13.9 Å². The third-order valence-electron chi connectivity index (χ3n) is 3.97. The third kappa shape index (κ3) is 2.52. The van der Waals surface area contributed by atoms with Gasteiger partial charge in [0.15, 0.2) is 11.5 Å². The van der Waals surface area contributed by atoms with E-state index in [0.29, 0.717) is 23.7 Å². The lowest BCUT2D eigenvalue weighted by molar-refractivity contribution is 0.0946. The maximum atomic E-state index is 12.4. The van der Waals surface area contributed by atoms with E-state index in [-0.39, 0.29) is 12.7 Å². The highest BCUT2D eigenvalue weighted by Gasteiger charge is 2.15. The van der Waals surface area contributed by atoms with Gasteiger partial charge in [-0.05, 0) is 29.8 Å². The molecular formula is C18H16N2O4. The Bertz CT molecular complexity index is 917. The smallest absolute Gasteiger partial charge is 0.267 e. The predicted molar refractivity (Wildman–Crippen MR) is 88.6 cm³/mol. The second kappa shape index (κ2) is 5.81. The molecule has 24 heavy (non-hydrogen) atoms. The molecule has 3 aromatic rings. The number of amides is 1. The molecule has 0 spiro atoms. The molecule has 1 aliphatic heterocycles. The van der Waals surface area contributed by atoms with Crippen LogP contribution in [0.1, 0.15) is 16.1 Å². The van der Waals surface area contributed by atoms with Crippen molar-refractivity contribution in [3.05, 3.63) is 53.7 Å². The Kier molecular flexibility index (Phi) is 3.49. The second-order valence-corrected chi connectivity index (χ2v) is 5.48. The fraction of sp³-hybridized carbons (Fsp3) is 0.167. The predicted octanol–water partition coefficient (Wildman–Crippen LogP) is 2.84. The first-order valence-electron chi connectivity index (χ1n) is 7.57. The van der Waals surface area contributed by atoms with Crippen molar-refractivity contribution in [1.29, 1.82) is 0 Å². The van der Waals surface area contributed by atoms with Gasteiger partial charge in [-0.3, -0.25) is 4.79 Å². The number of hydrogen-bond donors (Lipinski definition) is 2. The quantitative estimate of drug-likeness (QED) is 0.774. The minimum atomic E-state index is -0.175. The Morgan fingerprint density at radius 2 is 2.08 bits per heavy atom. The van der Waals surface area contributed by atoms with Gasteiger partial charge in [-0.15, -0.1) is 0 Å². The van der Waals surface area contributed by atoms with Gasteiger partial charge < -0.3 is 24.5 Å². The molecule has 122 valence electrons. The molecule has 0 aliphatic carbocycles. The maximum absolute atomic E-state index is 12.4. The van der Waals surface area contributed by atoms with E-state index in [9.17, 15) is 4.79 Å². The van der Waals surface area contributed by atoms with Crippen LogP contribution in [0.15, 0.2) is 42.5 Å². The van der Waals surface area contributed by atoms with Crippen molar-refractivity contribution < 1.29 is 19.0 Å². The number of methoxy groups -OCH3 is 1. The summed E-state index contributed by atoms with van der Waals surface area (Å²) in [4.78, 5) is 15.5. The van der Waals surface area contributed by atoms with Gasteiger partial charge in [0.25, 0.3) is 5.91 Å². The van der Waals surface area contributed by atoms with Crippen molar-refractivity contribution in [2.24, 2.45) is 0 Å². The number of aromatic amines is 1. The molecule has 4 rings (SSSR count). The number of hydrogen-bond acceptors (Lipinski definition) is 4. The molecule has 0 unspecified atom stereocenters. The van der Waals surface area contributed by atoms with E-state index >= 15 is 0 Å². The topological polar surface area (TPSA) is 72.6 Å². The number of para-hydroxylation sites is 1. The van der Waals surface area contributed by atoms with Crippen LogP contribution in [-0.2, 0) is 6.54 Å². The van der Waals surface area contributed by atoms with Gasteiger partial charge in [0.1, 0.15) is 11.4 Å². The lowest BCUT2D eigenvalue weighted by atomic mass is 10.2. The zero-order valence-electron chi connectivity index (χ0n) is 13.1. The summed E-state index contributed by atoms with van der Waals surface area (Å²) in [5, 5.41) is 3.83. The minimum absolute atomic E-state index is 0.175.